The van der Waals surface area contributed by atoms with E-state index in [0.29, 0.717) is 10.8 Å². The molecule has 2 heterocycles. The molecule has 0 amide bonds. The van der Waals surface area contributed by atoms with Gasteiger partial charge in [-0.2, -0.15) is 0 Å². The third kappa shape index (κ3) is 4.89. The average Bonchev–Trinajstić information content (AvgIpc) is 2.95. The zero-order valence-corrected chi connectivity index (χ0v) is 13.3. The zero-order valence-electron chi connectivity index (χ0n) is 11.7. The largest absolute Gasteiger partial charge is 0.391 e. The Balaban J connectivity index is 1.80. The van der Waals surface area contributed by atoms with Crippen molar-refractivity contribution in [3.8, 4) is 0 Å². The first-order valence-electron chi connectivity index (χ1n) is 6.54. The van der Waals surface area contributed by atoms with Crippen LogP contribution in [0.5, 0.6) is 0 Å². The second-order valence-electron chi connectivity index (χ2n) is 4.83. The highest BCUT2D eigenvalue weighted by Gasteiger charge is 2.20. The Morgan fingerprint density at radius 2 is 2.19 bits per heavy atom. The number of aromatic nitrogens is 1. The maximum Gasteiger partial charge on any atom is 0.190 e. The lowest BCUT2D eigenvalue weighted by Gasteiger charge is -2.11. The van der Waals surface area contributed by atoms with Crippen LogP contribution in [0.3, 0.4) is 0 Å². The van der Waals surface area contributed by atoms with Gasteiger partial charge in [0.1, 0.15) is 4.21 Å². The van der Waals surface area contributed by atoms with Gasteiger partial charge in [-0.1, -0.05) is 12.1 Å². The maximum atomic E-state index is 12.0. The lowest BCUT2D eigenvalue weighted by molar-refractivity contribution is 0.193. The van der Waals surface area contributed by atoms with Crippen molar-refractivity contribution in [2.24, 2.45) is 0 Å². The number of hydrogen-bond donors (Lipinski definition) is 2. The average molecular weight is 326 g/mol. The van der Waals surface area contributed by atoms with Crippen molar-refractivity contribution in [2.75, 3.05) is 12.3 Å². The van der Waals surface area contributed by atoms with E-state index >= 15 is 0 Å². The zero-order chi connectivity index (χ0) is 15.3. The minimum absolute atomic E-state index is 0.208. The molecule has 21 heavy (non-hydrogen) atoms. The van der Waals surface area contributed by atoms with Crippen LogP contribution in [0.1, 0.15) is 11.3 Å². The van der Waals surface area contributed by atoms with E-state index in [2.05, 4.69) is 10.3 Å². The molecular formula is C14H18N2O3S2. The van der Waals surface area contributed by atoms with Crippen LogP contribution in [0.25, 0.3) is 0 Å². The molecule has 0 saturated carbocycles. The van der Waals surface area contributed by atoms with E-state index in [9.17, 15) is 13.5 Å². The molecular weight excluding hydrogens is 308 g/mol. The molecule has 2 aromatic heterocycles. The summed E-state index contributed by atoms with van der Waals surface area (Å²) >= 11 is 1.16. The van der Waals surface area contributed by atoms with Gasteiger partial charge in [-0.15, -0.1) is 11.3 Å². The number of rotatable bonds is 7. The highest BCUT2D eigenvalue weighted by Crippen LogP contribution is 2.18. The summed E-state index contributed by atoms with van der Waals surface area (Å²) in [4.78, 5) is 4.23. The van der Waals surface area contributed by atoms with E-state index in [1.54, 1.807) is 23.7 Å². The number of hydrogen-bond acceptors (Lipinski definition) is 6. The van der Waals surface area contributed by atoms with Crippen LogP contribution >= 0.6 is 11.3 Å². The highest BCUT2D eigenvalue weighted by molar-refractivity contribution is 7.93. The third-order valence-electron chi connectivity index (χ3n) is 2.87. The Hall–Kier alpha value is -1.28. The molecule has 0 aromatic carbocycles. The maximum absolute atomic E-state index is 12.0. The Bertz CT molecular complexity index is 652. The molecule has 7 heteroatoms. The quantitative estimate of drug-likeness (QED) is 0.803. The van der Waals surface area contributed by atoms with Gasteiger partial charge >= 0.3 is 0 Å². The van der Waals surface area contributed by atoms with Crippen molar-refractivity contribution in [3.63, 3.8) is 0 Å². The number of sulfone groups is 1. The fourth-order valence-electron chi connectivity index (χ4n) is 1.80. The molecule has 1 unspecified atom stereocenters. The fourth-order valence-corrected chi connectivity index (χ4v) is 4.28. The number of pyridine rings is 1. The lowest BCUT2D eigenvalue weighted by atomic mass is 10.3. The van der Waals surface area contributed by atoms with Crippen molar-refractivity contribution in [1.82, 2.24) is 10.3 Å². The van der Waals surface area contributed by atoms with Crippen molar-refractivity contribution in [1.29, 1.82) is 0 Å². The second-order valence-corrected chi connectivity index (χ2v) is 8.03. The summed E-state index contributed by atoms with van der Waals surface area (Å²) in [6.45, 7) is 2.67. The number of aliphatic hydroxyl groups is 1. The first kappa shape index (κ1) is 16.1. The van der Waals surface area contributed by atoms with Crippen LogP contribution in [-0.4, -0.2) is 36.9 Å². The van der Waals surface area contributed by atoms with Gasteiger partial charge < -0.3 is 10.4 Å². The van der Waals surface area contributed by atoms with Crippen LogP contribution in [0, 0.1) is 6.92 Å². The summed E-state index contributed by atoms with van der Waals surface area (Å²) in [6, 6.07) is 7.10. The smallest absolute Gasteiger partial charge is 0.190 e. The van der Waals surface area contributed by atoms with Crippen LogP contribution in [0.2, 0.25) is 0 Å². The standard InChI is InChI=1S/C14H18N2O3S2/c1-11-4-5-12(16-7-11)8-15-9-13(17)10-21(18,19)14-3-2-6-20-14/h2-7,13,15,17H,8-10H2,1H3. The fraction of sp³-hybridized carbons (Fsp3) is 0.357. The molecule has 2 N–H and O–H groups in total. The Kier molecular flexibility index (Phi) is 5.46. The van der Waals surface area contributed by atoms with Gasteiger partial charge in [0.2, 0.25) is 0 Å². The summed E-state index contributed by atoms with van der Waals surface area (Å²) in [5.74, 6) is -0.276. The monoisotopic (exact) mass is 326 g/mol. The van der Waals surface area contributed by atoms with Gasteiger partial charge in [0, 0.05) is 19.3 Å². The van der Waals surface area contributed by atoms with Crippen LogP contribution in [0.15, 0.2) is 40.1 Å². The third-order valence-corrected chi connectivity index (χ3v) is 6.16. The number of thiophene rings is 1. The number of nitrogens with zero attached hydrogens (tertiary/aromatic N) is 1. The molecule has 1 atom stereocenters. The van der Waals surface area contributed by atoms with Gasteiger partial charge in [-0.3, -0.25) is 4.98 Å². The number of aryl methyl sites for hydroxylation is 1. The molecule has 2 rings (SSSR count). The normalized spacial score (nSPS) is 13.2. The predicted octanol–water partition coefficient (Wildman–Crippen LogP) is 1.38. The minimum atomic E-state index is -3.40. The minimum Gasteiger partial charge on any atom is -0.391 e. The summed E-state index contributed by atoms with van der Waals surface area (Å²) in [5.41, 5.74) is 1.94. The first-order valence-corrected chi connectivity index (χ1v) is 9.07. The molecule has 0 aliphatic rings. The SMILES string of the molecule is Cc1ccc(CNCC(O)CS(=O)(=O)c2cccs2)nc1. The van der Waals surface area contributed by atoms with Gasteiger partial charge in [0.25, 0.3) is 0 Å². The molecule has 0 aliphatic heterocycles. The lowest BCUT2D eigenvalue weighted by Crippen LogP contribution is -2.32. The molecule has 0 fully saturated rings. The second kappa shape index (κ2) is 7.13. The first-order chi connectivity index (χ1) is 9.97. The van der Waals surface area contributed by atoms with E-state index in [1.165, 1.54) is 0 Å². The molecule has 2 aromatic rings. The van der Waals surface area contributed by atoms with Gasteiger partial charge in [-0.05, 0) is 30.0 Å². The van der Waals surface area contributed by atoms with Gasteiger partial charge in [0.15, 0.2) is 9.84 Å². The van der Waals surface area contributed by atoms with Crippen molar-refractivity contribution in [2.45, 2.75) is 23.8 Å². The molecule has 0 aliphatic carbocycles. The molecule has 0 saturated heterocycles. The van der Waals surface area contributed by atoms with E-state index in [4.69, 9.17) is 0 Å². The summed E-state index contributed by atoms with van der Waals surface area (Å²) in [5, 5.41) is 14.6. The van der Waals surface area contributed by atoms with Crippen molar-refractivity contribution in [3.05, 3.63) is 47.1 Å². The van der Waals surface area contributed by atoms with Crippen molar-refractivity contribution < 1.29 is 13.5 Å². The van der Waals surface area contributed by atoms with E-state index in [1.807, 2.05) is 19.1 Å². The van der Waals surface area contributed by atoms with Crippen LogP contribution in [-0.2, 0) is 16.4 Å². The molecule has 114 valence electrons. The number of aliphatic hydroxyl groups excluding tert-OH is 1. The molecule has 0 bridgehead atoms. The van der Waals surface area contributed by atoms with Gasteiger partial charge in [-0.25, -0.2) is 8.42 Å². The van der Waals surface area contributed by atoms with Crippen LogP contribution in [0.4, 0.5) is 0 Å². The molecule has 5 nitrogen and oxygen atoms in total. The predicted molar refractivity (Wildman–Crippen MR) is 83.1 cm³/mol. The molecule has 0 spiro atoms. The Morgan fingerprint density at radius 3 is 2.81 bits per heavy atom. The van der Waals surface area contributed by atoms with Gasteiger partial charge in [0.05, 0.1) is 17.6 Å². The summed E-state index contributed by atoms with van der Waals surface area (Å²) < 4.78 is 24.3. The number of nitrogens with one attached hydrogen (secondary N) is 1. The summed E-state index contributed by atoms with van der Waals surface area (Å²) in [7, 11) is -3.40. The summed E-state index contributed by atoms with van der Waals surface area (Å²) in [6.07, 6.45) is 0.830. The molecule has 0 radical (unpaired) electrons. The Morgan fingerprint density at radius 1 is 1.38 bits per heavy atom. The highest BCUT2D eigenvalue weighted by atomic mass is 32.2. The Labute approximate surface area is 128 Å². The van der Waals surface area contributed by atoms with Crippen LogP contribution < -0.4 is 5.32 Å². The van der Waals surface area contributed by atoms with E-state index < -0.39 is 15.9 Å². The van der Waals surface area contributed by atoms with E-state index in [-0.39, 0.29) is 12.3 Å². The van der Waals surface area contributed by atoms with E-state index in [0.717, 1.165) is 22.6 Å². The topological polar surface area (TPSA) is 79.3 Å². The van der Waals surface area contributed by atoms with Crippen molar-refractivity contribution >= 4 is 21.2 Å².